The van der Waals surface area contributed by atoms with Gasteiger partial charge in [-0.05, 0) is 69.5 Å². The van der Waals surface area contributed by atoms with Crippen LogP contribution in [0, 0.1) is 10.1 Å². The molecule has 7 heteroatoms. The van der Waals surface area contributed by atoms with Crippen LogP contribution in [-0.2, 0) is 6.61 Å². The summed E-state index contributed by atoms with van der Waals surface area (Å²) in [7, 11) is 0. The molecule has 0 saturated heterocycles. The summed E-state index contributed by atoms with van der Waals surface area (Å²) < 4.78 is 6.57. The molecule has 0 amide bonds. The van der Waals surface area contributed by atoms with E-state index in [4.69, 9.17) is 4.74 Å². The third-order valence-electron chi connectivity index (χ3n) is 3.68. The first-order chi connectivity index (χ1) is 13.1. The number of hydrazone groups is 1. The lowest BCUT2D eigenvalue weighted by atomic mass is 10.2. The minimum atomic E-state index is -0.422. The van der Waals surface area contributed by atoms with Gasteiger partial charge >= 0.3 is 0 Å². The average molecular weight is 426 g/mol. The molecule has 0 spiro atoms. The van der Waals surface area contributed by atoms with E-state index in [0.29, 0.717) is 12.4 Å². The second-order valence-corrected chi connectivity index (χ2v) is 6.49. The molecule has 27 heavy (non-hydrogen) atoms. The lowest BCUT2D eigenvalue weighted by molar-refractivity contribution is -0.384. The van der Waals surface area contributed by atoms with Crippen molar-refractivity contribution in [1.29, 1.82) is 0 Å². The van der Waals surface area contributed by atoms with E-state index in [0.717, 1.165) is 21.3 Å². The van der Waals surface area contributed by atoms with Crippen LogP contribution >= 0.6 is 15.9 Å². The maximum atomic E-state index is 10.7. The van der Waals surface area contributed by atoms with Crippen LogP contribution in [0.1, 0.15) is 11.1 Å². The molecule has 0 atom stereocenters. The first kappa shape index (κ1) is 18.6. The number of nitrogens with zero attached hydrogens (tertiary/aromatic N) is 2. The predicted molar refractivity (Wildman–Crippen MR) is 109 cm³/mol. The van der Waals surface area contributed by atoms with Crippen molar-refractivity contribution in [3.63, 3.8) is 0 Å². The molecular formula is C20H16BrN3O3. The van der Waals surface area contributed by atoms with E-state index in [1.165, 1.54) is 12.1 Å². The standard InChI is InChI=1S/C20H16BrN3O3/c21-19-12-16(13-22-23-17-4-2-1-3-5-17)8-11-20(19)27-14-15-6-9-18(10-7-15)24(25)26/h1-13,23H,14H2/b22-13-. The molecule has 3 rings (SSSR count). The minimum absolute atomic E-state index is 0.0627. The molecule has 0 heterocycles. The number of ether oxygens (including phenoxy) is 1. The number of benzene rings is 3. The highest BCUT2D eigenvalue weighted by atomic mass is 79.9. The number of halogens is 1. The van der Waals surface area contributed by atoms with Crippen molar-refractivity contribution < 1.29 is 9.66 Å². The Morgan fingerprint density at radius 2 is 1.81 bits per heavy atom. The van der Waals surface area contributed by atoms with Crippen LogP contribution in [0.3, 0.4) is 0 Å². The van der Waals surface area contributed by atoms with E-state index < -0.39 is 4.92 Å². The molecule has 0 radical (unpaired) electrons. The molecule has 0 bridgehead atoms. The molecule has 0 aromatic heterocycles. The van der Waals surface area contributed by atoms with Crippen LogP contribution in [-0.4, -0.2) is 11.1 Å². The van der Waals surface area contributed by atoms with Crippen molar-refractivity contribution in [1.82, 2.24) is 0 Å². The average Bonchev–Trinajstić information content (AvgIpc) is 2.68. The Balaban J connectivity index is 1.58. The molecule has 6 nitrogen and oxygen atoms in total. The van der Waals surface area contributed by atoms with E-state index in [-0.39, 0.29) is 5.69 Å². The molecule has 0 saturated carbocycles. The number of hydrogen-bond donors (Lipinski definition) is 1. The Hall–Kier alpha value is -3.19. The molecular weight excluding hydrogens is 410 g/mol. The van der Waals surface area contributed by atoms with Gasteiger partial charge in [0.05, 0.1) is 21.3 Å². The number of hydrogen-bond acceptors (Lipinski definition) is 5. The molecule has 0 aliphatic rings. The number of para-hydroxylation sites is 1. The van der Waals surface area contributed by atoms with Gasteiger partial charge in [-0.15, -0.1) is 0 Å². The lowest BCUT2D eigenvalue weighted by Crippen LogP contribution is -1.97. The lowest BCUT2D eigenvalue weighted by Gasteiger charge is -2.09. The summed E-state index contributed by atoms with van der Waals surface area (Å²) >= 11 is 3.49. The van der Waals surface area contributed by atoms with Crippen molar-refractivity contribution in [2.45, 2.75) is 6.61 Å². The molecule has 0 aliphatic heterocycles. The van der Waals surface area contributed by atoms with E-state index in [1.54, 1.807) is 18.3 Å². The topological polar surface area (TPSA) is 76.8 Å². The first-order valence-corrected chi connectivity index (χ1v) is 8.91. The summed E-state index contributed by atoms with van der Waals surface area (Å²) in [6.07, 6.45) is 1.72. The van der Waals surface area contributed by atoms with Gasteiger partial charge in [-0.25, -0.2) is 0 Å². The van der Waals surface area contributed by atoms with Crippen LogP contribution in [0.4, 0.5) is 11.4 Å². The zero-order chi connectivity index (χ0) is 19.1. The normalized spacial score (nSPS) is 10.7. The van der Waals surface area contributed by atoms with Gasteiger partial charge in [0.15, 0.2) is 0 Å². The highest BCUT2D eigenvalue weighted by Gasteiger charge is 2.06. The number of non-ortho nitro benzene ring substituents is 1. The second-order valence-electron chi connectivity index (χ2n) is 5.64. The van der Waals surface area contributed by atoms with Gasteiger partial charge in [0, 0.05) is 12.1 Å². The van der Waals surface area contributed by atoms with Gasteiger partial charge in [0.2, 0.25) is 0 Å². The van der Waals surface area contributed by atoms with Crippen LogP contribution in [0.2, 0.25) is 0 Å². The van der Waals surface area contributed by atoms with Gasteiger partial charge in [-0.3, -0.25) is 15.5 Å². The number of anilines is 1. The van der Waals surface area contributed by atoms with E-state index in [9.17, 15) is 10.1 Å². The summed E-state index contributed by atoms with van der Waals surface area (Å²) in [6.45, 7) is 0.319. The fourth-order valence-electron chi connectivity index (χ4n) is 2.28. The zero-order valence-corrected chi connectivity index (χ0v) is 15.8. The molecule has 0 fully saturated rings. The highest BCUT2D eigenvalue weighted by Crippen LogP contribution is 2.26. The number of nitrogens with one attached hydrogen (secondary N) is 1. The zero-order valence-electron chi connectivity index (χ0n) is 14.2. The van der Waals surface area contributed by atoms with Crippen molar-refractivity contribution in [3.8, 4) is 5.75 Å². The third kappa shape index (κ3) is 5.39. The fraction of sp³-hybridized carbons (Fsp3) is 0.0500. The third-order valence-corrected chi connectivity index (χ3v) is 4.30. The Morgan fingerprint density at radius 1 is 1.07 bits per heavy atom. The van der Waals surface area contributed by atoms with E-state index >= 15 is 0 Å². The smallest absolute Gasteiger partial charge is 0.269 e. The maximum Gasteiger partial charge on any atom is 0.269 e. The molecule has 136 valence electrons. The Bertz CT molecular complexity index is 944. The summed E-state index contributed by atoms with van der Waals surface area (Å²) in [4.78, 5) is 10.3. The number of nitro benzene ring substituents is 1. The van der Waals surface area contributed by atoms with Crippen LogP contribution in [0.15, 0.2) is 82.4 Å². The monoisotopic (exact) mass is 425 g/mol. The molecule has 0 aliphatic carbocycles. The highest BCUT2D eigenvalue weighted by molar-refractivity contribution is 9.10. The van der Waals surface area contributed by atoms with Gasteiger partial charge in [-0.2, -0.15) is 5.10 Å². The van der Waals surface area contributed by atoms with Crippen LogP contribution < -0.4 is 10.2 Å². The van der Waals surface area contributed by atoms with Crippen molar-refractivity contribution in [2.24, 2.45) is 5.10 Å². The SMILES string of the molecule is O=[N+]([O-])c1ccc(COc2ccc(/C=N\Nc3ccccc3)cc2Br)cc1. The van der Waals surface area contributed by atoms with Crippen LogP contribution in [0.25, 0.3) is 0 Å². The summed E-state index contributed by atoms with van der Waals surface area (Å²) in [5, 5.41) is 14.9. The van der Waals surface area contributed by atoms with Crippen molar-refractivity contribution in [2.75, 3.05) is 5.43 Å². The fourth-order valence-corrected chi connectivity index (χ4v) is 2.79. The minimum Gasteiger partial charge on any atom is -0.488 e. The summed E-state index contributed by atoms with van der Waals surface area (Å²) in [6, 6.07) is 21.6. The second kappa shape index (κ2) is 8.95. The number of nitro groups is 1. The Labute approximate surface area is 164 Å². The predicted octanol–water partition coefficient (Wildman–Crippen LogP) is 5.38. The Morgan fingerprint density at radius 3 is 2.48 bits per heavy atom. The van der Waals surface area contributed by atoms with Gasteiger partial charge < -0.3 is 4.74 Å². The molecule has 3 aromatic rings. The van der Waals surface area contributed by atoms with Gasteiger partial charge in [0.25, 0.3) is 5.69 Å². The Kier molecular flexibility index (Phi) is 6.17. The number of rotatable bonds is 7. The van der Waals surface area contributed by atoms with Crippen molar-refractivity contribution >= 4 is 33.5 Å². The largest absolute Gasteiger partial charge is 0.488 e. The van der Waals surface area contributed by atoms with Crippen molar-refractivity contribution in [3.05, 3.63) is 98.5 Å². The van der Waals surface area contributed by atoms with E-state index in [1.807, 2.05) is 48.5 Å². The molecule has 3 aromatic carbocycles. The van der Waals surface area contributed by atoms with Gasteiger partial charge in [0.1, 0.15) is 12.4 Å². The van der Waals surface area contributed by atoms with Gasteiger partial charge in [-0.1, -0.05) is 18.2 Å². The summed E-state index contributed by atoms with van der Waals surface area (Å²) in [5.74, 6) is 0.682. The van der Waals surface area contributed by atoms with Crippen LogP contribution in [0.5, 0.6) is 5.75 Å². The quantitative estimate of drug-likeness (QED) is 0.313. The molecule has 0 unspecified atom stereocenters. The summed E-state index contributed by atoms with van der Waals surface area (Å²) in [5.41, 5.74) is 5.70. The van der Waals surface area contributed by atoms with E-state index in [2.05, 4.69) is 26.5 Å². The maximum absolute atomic E-state index is 10.7. The first-order valence-electron chi connectivity index (χ1n) is 8.11. The molecule has 1 N–H and O–H groups in total.